The number of rotatable bonds is 5. The van der Waals surface area contributed by atoms with Gasteiger partial charge in [0, 0.05) is 14.1 Å². The van der Waals surface area contributed by atoms with Crippen LogP contribution in [0.1, 0.15) is 11.1 Å². The lowest BCUT2D eigenvalue weighted by Crippen LogP contribution is -2.37. The third-order valence-corrected chi connectivity index (χ3v) is 5.04. The molecular weight excluding hydrogens is 384 g/mol. The minimum atomic E-state index is -0.448. The average molecular weight is 406 g/mol. The number of methoxy groups -OCH3 is 1. The summed E-state index contributed by atoms with van der Waals surface area (Å²) in [6, 6.07) is 15.4. The summed E-state index contributed by atoms with van der Waals surface area (Å²) in [7, 11) is 4.59. The van der Waals surface area contributed by atoms with Gasteiger partial charge in [0.1, 0.15) is 0 Å². The second-order valence-corrected chi connectivity index (χ2v) is 7.10. The van der Waals surface area contributed by atoms with E-state index in [4.69, 9.17) is 9.47 Å². The fourth-order valence-corrected chi connectivity index (χ4v) is 3.33. The first-order valence-electron chi connectivity index (χ1n) is 9.43. The highest BCUT2D eigenvalue weighted by atomic mass is 16.5. The van der Waals surface area contributed by atoms with E-state index in [0.29, 0.717) is 23.6 Å². The second-order valence-electron chi connectivity index (χ2n) is 7.10. The molecule has 8 heteroatoms. The number of para-hydroxylation sites is 2. The molecule has 0 aliphatic rings. The topological polar surface area (TPSA) is 80.3 Å². The van der Waals surface area contributed by atoms with Gasteiger partial charge in [-0.3, -0.25) is 18.5 Å². The lowest BCUT2D eigenvalue weighted by Gasteiger charge is -2.12. The van der Waals surface area contributed by atoms with E-state index < -0.39 is 11.2 Å². The molecule has 0 bridgehead atoms. The monoisotopic (exact) mass is 406 g/mol. The summed E-state index contributed by atoms with van der Waals surface area (Å²) in [5, 5.41) is 0. The first-order chi connectivity index (χ1) is 14.4. The first kappa shape index (κ1) is 19.5. The maximum atomic E-state index is 13.0. The third-order valence-electron chi connectivity index (χ3n) is 5.04. The van der Waals surface area contributed by atoms with Crippen molar-refractivity contribution in [3.05, 3.63) is 80.5 Å². The van der Waals surface area contributed by atoms with Crippen molar-refractivity contribution in [2.24, 2.45) is 14.1 Å². The molecule has 0 amide bonds. The maximum absolute atomic E-state index is 13.0. The molecule has 30 heavy (non-hydrogen) atoms. The number of nitrogens with zero attached hydrogens (tertiary/aromatic N) is 4. The molecule has 2 aromatic carbocycles. The molecule has 0 spiro atoms. The molecule has 0 saturated heterocycles. The van der Waals surface area contributed by atoms with Gasteiger partial charge in [-0.1, -0.05) is 42.0 Å². The maximum Gasteiger partial charge on any atom is 0.332 e. The molecule has 2 heterocycles. The SMILES string of the molecule is COc1ccccc1Oc1nc2c(c(=O)n(C)c(=O)n2C)n1Cc1ccc(C)cc1. The number of imidazole rings is 1. The van der Waals surface area contributed by atoms with Crippen LogP contribution in [0.15, 0.2) is 58.1 Å². The Morgan fingerprint density at radius 2 is 1.60 bits per heavy atom. The summed E-state index contributed by atoms with van der Waals surface area (Å²) in [6.45, 7) is 2.37. The molecule has 4 rings (SSSR count). The molecule has 0 aliphatic carbocycles. The first-order valence-corrected chi connectivity index (χ1v) is 9.43. The smallest absolute Gasteiger partial charge is 0.332 e. The third kappa shape index (κ3) is 3.26. The van der Waals surface area contributed by atoms with Crippen LogP contribution >= 0.6 is 0 Å². The Kier molecular flexibility index (Phi) is 4.91. The van der Waals surface area contributed by atoms with E-state index in [9.17, 15) is 9.59 Å². The number of fused-ring (bicyclic) bond motifs is 1. The Labute approximate surface area is 172 Å². The number of hydrogen-bond acceptors (Lipinski definition) is 5. The highest BCUT2D eigenvalue weighted by molar-refractivity contribution is 5.72. The van der Waals surface area contributed by atoms with E-state index in [-0.39, 0.29) is 11.7 Å². The van der Waals surface area contributed by atoms with Crippen LogP contribution in [0.2, 0.25) is 0 Å². The van der Waals surface area contributed by atoms with Crippen molar-refractivity contribution in [3.63, 3.8) is 0 Å². The van der Waals surface area contributed by atoms with Crippen molar-refractivity contribution >= 4 is 11.2 Å². The van der Waals surface area contributed by atoms with Gasteiger partial charge in [0.25, 0.3) is 5.56 Å². The highest BCUT2D eigenvalue weighted by Gasteiger charge is 2.21. The van der Waals surface area contributed by atoms with E-state index in [1.807, 2.05) is 43.3 Å². The predicted molar refractivity (Wildman–Crippen MR) is 114 cm³/mol. The molecule has 0 unspecified atom stereocenters. The van der Waals surface area contributed by atoms with Crippen LogP contribution in [0, 0.1) is 6.92 Å². The van der Waals surface area contributed by atoms with E-state index in [2.05, 4.69) is 4.98 Å². The van der Waals surface area contributed by atoms with Crippen LogP contribution in [0.5, 0.6) is 17.5 Å². The Morgan fingerprint density at radius 3 is 2.27 bits per heavy atom. The zero-order valence-corrected chi connectivity index (χ0v) is 17.2. The predicted octanol–water partition coefficient (Wildman–Crippen LogP) is 2.59. The van der Waals surface area contributed by atoms with Gasteiger partial charge in [0.05, 0.1) is 13.7 Å². The average Bonchev–Trinajstić information content (AvgIpc) is 3.10. The Morgan fingerprint density at radius 1 is 0.933 bits per heavy atom. The van der Waals surface area contributed by atoms with Crippen LogP contribution in [-0.4, -0.2) is 25.8 Å². The zero-order chi connectivity index (χ0) is 21.4. The van der Waals surface area contributed by atoms with E-state index in [0.717, 1.165) is 15.7 Å². The minimum absolute atomic E-state index is 0.202. The molecule has 0 saturated carbocycles. The van der Waals surface area contributed by atoms with Crippen molar-refractivity contribution in [2.75, 3.05) is 7.11 Å². The molecule has 154 valence electrons. The van der Waals surface area contributed by atoms with Gasteiger partial charge in [0.2, 0.25) is 0 Å². The van der Waals surface area contributed by atoms with E-state index in [1.54, 1.807) is 30.9 Å². The van der Waals surface area contributed by atoms with Crippen LogP contribution in [0.4, 0.5) is 0 Å². The van der Waals surface area contributed by atoms with E-state index >= 15 is 0 Å². The zero-order valence-electron chi connectivity index (χ0n) is 17.2. The summed E-state index contributed by atoms with van der Waals surface area (Å²) in [5.74, 6) is 0.996. The number of hydrogen-bond donors (Lipinski definition) is 0. The molecule has 0 aliphatic heterocycles. The van der Waals surface area contributed by atoms with Crippen LogP contribution in [0.3, 0.4) is 0 Å². The largest absolute Gasteiger partial charge is 0.493 e. The van der Waals surface area contributed by atoms with Gasteiger partial charge >= 0.3 is 11.7 Å². The molecule has 4 aromatic rings. The number of aryl methyl sites for hydroxylation is 2. The molecule has 2 aromatic heterocycles. The fraction of sp³-hybridized carbons (Fsp3) is 0.227. The van der Waals surface area contributed by atoms with Gasteiger partial charge in [-0.25, -0.2) is 4.79 Å². The standard InChI is InChI=1S/C22H22N4O4/c1-14-9-11-15(12-10-14)13-26-18-19(24(2)22(28)25(3)20(18)27)23-21(26)30-17-8-6-5-7-16(17)29-4/h5-12H,13H2,1-4H3. The van der Waals surface area contributed by atoms with Gasteiger partial charge < -0.3 is 9.47 Å². The quantitative estimate of drug-likeness (QED) is 0.509. The van der Waals surface area contributed by atoms with Gasteiger partial charge in [0.15, 0.2) is 22.7 Å². The second kappa shape index (κ2) is 7.55. The Hall–Kier alpha value is -3.81. The van der Waals surface area contributed by atoms with Crippen molar-refractivity contribution in [1.29, 1.82) is 0 Å². The molecule has 0 N–H and O–H groups in total. The Balaban J connectivity index is 1.95. The Bertz CT molecular complexity index is 1350. The normalized spacial score (nSPS) is 11.1. The minimum Gasteiger partial charge on any atom is -0.493 e. The molecule has 0 atom stereocenters. The van der Waals surface area contributed by atoms with Crippen LogP contribution in [-0.2, 0) is 20.6 Å². The molecule has 0 fully saturated rings. The molecular formula is C22H22N4O4. The molecule has 8 nitrogen and oxygen atoms in total. The summed E-state index contributed by atoms with van der Waals surface area (Å²) in [6.07, 6.45) is 0. The summed E-state index contributed by atoms with van der Waals surface area (Å²) < 4.78 is 15.5. The van der Waals surface area contributed by atoms with Crippen molar-refractivity contribution in [1.82, 2.24) is 18.7 Å². The summed E-state index contributed by atoms with van der Waals surface area (Å²) in [4.78, 5) is 29.9. The van der Waals surface area contributed by atoms with Gasteiger partial charge in [-0.15, -0.1) is 0 Å². The van der Waals surface area contributed by atoms with E-state index in [1.165, 1.54) is 11.6 Å². The fourth-order valence-electron chi connectivity index (χ4n) is 3.33. The summed E-state index contributed by atoms with van der Waals surface area (Å²) in [5.41, 5.74) is 1.79. The number of benzene rings is 2. The molecule has 0 radical (unpaired) electrons. The van der Waals surface area contributed by atoms with Crippen molar-refractivity contribution < 1.29 is 9.47 Å². The lowest BCUT2D eigenvalue weighted by atomic mass is 10.1. The highest BCUT2D eigenvalue weighted by Crippen LogP contribution is 2.32. The van der Waals surface area contributed by atoms with Gasteiger partial charge in [-0.2, -0.15) is 4.98 Å². The van der Waals surface area contributed by atoms with Gasteiger partial charge in [-0.05, 0) is 24.6 Å². The van der Waals surface area contributed by atoms with Crippen LogP contribution < -0.4 is 20.7 Å². The van der Waals surface area contributed by atoms with Crippen molar-refractivity contribution in [3.8, 4) is 17.5 Å². The lowest BCUT2D eigenvalue weighted by molar-refractivity contribution is 0.361. The van der Waals surface area contributed by atoms with Crippen molar-refractivity contribution in [2.45, 2.75) is 13.5 Å². The van der Waals surface area contributed by atoms with Crippen LogP contribution in [0.25, 0.3) is 11.2 Å². The summed E-state index contributed by atoms with van der Waals surface area (Å²) >= 11 is 0. The number of aromatic nitrogens is 4. The number of ether oxygens (including phenoxy) is 2.